The Bertz CT molecular complexity index is 760. The first-order chi connectivity index (χ1) is 9.29. The fourth-order valence-electron chi connectivity index (χ4n) is 1.66. The lowest BCUT2D eigenvalue weighted by molar-refractivity contribution is 0.475. The topological polar surface area (TPSA) is 66.4 Å². The number of nitrogens with one attached hydrogen (secondary N) is 1. The van der Waals surface area contributed by atoms with Crippen LogP contribution in [0.5, 0.6) is 5.75 Å². The summed E-state index contributed by atoms with van der Waals surface area (Å²) < 4.78 is 28.5. The number of rotatable bonds is 3. The largest absolute Gasteiger partial charge is 0.508 e. The molecular formula is C13H11Br2NO3S. The summed E-state index contributed by atoms with van der Waals surface area (Å²) in [6, 6.07) is 9.28. The molecule has 20 heavy (non-hydrogen) atoms. The fourth-order valence-corrected chi connectivity index (χ4v) is 4.53. The predicted octanol–water partition coefficient (Wildman–Crippen LogP) is 4.03. The Morgan fingerprint density at radius 1 is 1.10 bits per heavy atom. The van der Waals surface area contributed by atoms with Crippen molar-refractivity contribution in [3.05, 3.63) is 50.9 Å². The number of sulfonamides is 1. The van der Waals surface area contributed by atoms with E-state index in [1.165, 1.54) is 24.3 Å². The van der Waals surface area contributed by atoms with Crippen LogP contribution in [0.15, 0.2) is 50.2 Å². The van der Waals surface area contributed by atoms with Crippen molar-refractivity contribution in [3.8, 4) is 5.75 Å². The zero-order chi connectivity index (χ0) is 14.9. The Hall–Kier alpha value is -1.05. The maximum Gasteiger partial charge on any atom is 0.263 e. The SMILES string of the molecule is Cc1cc(O)ccc1NS(=O)(=O)c1ccc(Br)cc1Br. The van der Waals surface area contributed by atoms with Gasteiger partial charge in [0.2, 0.25) is 0 Å². The van der Waals surface area contributed by atoms with Crippen molar-refractivity contribution in [2.45, 2.75) is 11.8 Å². The lowest BCUT2D eigenvalue weighted by Crippen LogP contribution is -2.14. The average molecular weight is 421 g/mol. The molecule has 0 unspecified atom stereocenters. The third kappa shape index (κ3) is 3.34. The minimum absolute atomic E-state index is 0.0928. The Morgan fingerprint density at radius 2 is 1.80 bits per heavy atom. The first-order valence-corrected chi connectivity index (χ1v) is 8.64. The van der Waals surface area contributed by atoms with E-state index in [0.29, 0.717) is 15.7 Å². The minimum Gasteiger partial charge on any atom is -0.508 e. The lowest BCUT2D eigenvalue weighted by atomic mass is 10.2. The van der Waals surface area contributed by atoms with Crippen LogP contribution < -0.4 is 4.72 Å². The Kier molecular flexibility index (Phi) is 4.41. The summed E-state index contributed by atoms with van der Waals surface area (Å²) in [6.07, 6.45) is 0. The van der Waals surface area contributed by atoms with E-state index in [0.717, 1.165) is 4.47 Å². The van der Waals surface area contributed by atoms with Gasteiger partial charge in [-0.2, -0.15) is 0 Å². The maximum atomic E-state index is 12.4. The van der Waals surface area contributed by atoms with E-state index in [1.807, 2.05) is 0 Å². The third-order valence-electron chi connectivity index (χ3n) is 2.64. The number of anilines is 1. The molecule has 106 valence electrons. The summed E-state index contributed by atoms with van der Waals surface area (Å²) in [7, 11) is -3.70. The molecule has 0 saturated heterocycles. The molecule has 0 bridgehead atoms. The van der Waals surface area contributed by atoms with Crippen molar-refractivity contribution >= 4 is 47.6 Å². The van der Waals surface area contributed by atoms with Crippen LogP contribution in [-0.4, -0.2) is 13.5 Å². The number of phenols is 1. The molecule has 7 heteroatoms. The van der Waals surface area contributed by atoms with Gasteiger partial charge in [0.15, 0.2) is 0 Å². The molecule has 0 aliphatic carbocycles. The molecule has 2 rings (SSSR count). The molecule has 4 nitrogen and oxygen atoms in total. The van der Waals surface area contributed by atoms with Crippen LogP contribution in [0, 0.1) is 6.92 Å². The van der Waals surface area contributed by atoms with Crippen LogP contribution in [0.4, 0.5) is 5.69 Å². The smallest absolute Gasteiger partial charge is 0.263 e. The molecule has 0 radical (unpaired) electrons. The Labute approximate surface area is 134 Å². The van der Waals surface area contributed by atoms with Gasteiger partial charge in [0.1, 0.15) is 10.6 Å². The van der Waals surface area contributed by atoms with Crippen LogP contribution >= 0.6 is 31.9 Å². The summed E-state index contributed by atoms with van der Waals surface area (Å²) in [5, 5.41) is 9.34. The van der Waals surface area contributed by atoms with Gasteiger partial charge < -0.3 is 5.11 Å². The predicted molar refractivity (Wildman–Crippen MR) is 85.5 cm³/mol. The highest BCUT2D eigenvalue weighted by molar-refractivity contribution is 9.11. The molecule has 0 aromatic heterocycles. The molecule has 0 aliphatic rings. The van der Waals surface area contributed by atoms with Crippen molar-refractivity contribution in [1.82, 2.24) is 0 Å². The van der Waals surface area contributed by atoms with Crippen molar-refractivity contribution in [2.24, 2.45) is 0 Å². The highest BCUT2D eigenvalue weighted by Gasteiger charge is 2.18. The molecule has 0 aliphatic heterocycles. The van der Waals surface area contributed by atoms with Crippen molar-refractivity contribution in [1.29, 1.82) is 0 Å². The summed E-state index contributed by atoms with van der Waals surface area (Å²) >= 11 is 6.51. The van der Waals surface area contributed by atoms with Crippen molar-refractivity contribution < 1.29 is 13.5 Å². The molecule has 0 heterocycles. The molecule has 0 saturated carbocycles. The number of hydrogen-bond donors (Lipinski definition) is 2. The number of benzene rings is 2. The standard InChI is InChI=1S/C13H11Br2NO3S/c1-8-6-10(17)3-4-12(8)16-20(18,19)13-5-2-9(14)7-11(13)15/h2-7,16-17H,1H3. The third-order valence-corrected chi connectivity index (χ3v) is 5.47. The highest BCUT2D eigenvalue weighted by atomic mass is 79.9. The molecule has 0 spiro atoms. The first kappa shape index (κ1) is 15.3. The second-order valence-electron chi connectivity index (χ2n) is 4.18. The van der Waals surface area contributed by atoms with Gasteiger partial charge in [-0.3, -0.25) is 4.72 Å². The van der Waals surface area contributed by atoms with E-state index in [2.05, 4.69) is 36.6 Å². The van der Waals surface area contributed by atoms with Crippen LogP contribution in [0.2, 0.25) is 0 Å². The zero-order valence-electron chi connectivity index (χ0n) is 10.4. The van der Waals surface area contributed by atoms with Crippen molar-refractivity contribution in [2.75, 3.05) is 4.72 Å². The van der Waals surface area contributed by atoms with Crippen molar-refractivity contribution in [3.63, 3.8) is 0 Å². The number of hydrogen-bond acceptors (Lipinski definition) is 3. The highest BCUT2D eigenvalue weighted by Crippen LogP contribution is 2.28. The fraction of sp³-hybridized carbons (Fsp3) is 0.0769. The molecule has 2 aromatic carbocycles. The molecule has 0 fully saturated rings. The van der Waals surface area contributed by atoms with Crippen LogP contribution in [0.25, 0.3) is 0 Å². The Balaban J connectivity index is 2.41. The van der Waals surface area contributed by atoms with Crippen LogP contribution in [-0.2, 0) is 10.0 Å². The molecule has 2 aromatic rings. The van der Waals surface area contributed by atoms with E-state index >= 15 is 0 Å². The lowest BCUT2D eigenvalue weighted by Gasteiger charge is -2.12. The van der Waals surface area contributed by atoms with Crippen LogP contribution in [0.1, 0.15) is 5.56 Å². The molecule has 0 amide bonds. The summed E-state index contributed by atoms with van der Waals surface area (Å²) in [4.78, 5) is 0.146. The van der Waals surface area contributed by atoms with Gasteiger partial charge in [-0.15, -0.1) is 0 Å². The normalized spacial score (nSPS) is 11.3. The minimum atomic E-state index is -3.70. The average Bonchev–Trinajstić information content (AvgIpc) is 2.32. The Morgan fingerprint density at radius 3 is 2.40 bits per heavy atom. The van der Waals surface area contributed by atoms with Gasteiger partial charge in [-0.1, -0.05) is 15.9 Å². The maximum absolute atomic E-state index is 12.4. The zero-order valence-corrected chi connectivity index (χ0v) is 14.4. The van der Waals surface area contributed by atoms with E-state index < -0.39 is 10.0 Å². The van der Waals surface area contributed by atoms with E-state index in [-0.39, 0.29) is 10.6 Å². The summed E-state index contributed by atoms with van der Waals surface area (Å²) in [6.45, 7) is 1.72. The second kappa shape index (κ2) is 5.75. The van der Waals surface area contributed by atoms with E-state index in [4.69, 9.17) is 0 Å². The van der Waals surface area contributed by atoms with Gasteiger partial charge in [0.25, 0.3) is 10.0 Å². The number of aryl methyl sites for hydroxylation is 1. The number of halogens is 2. The second-order valence-corrected chi connectivity index (χ2v) is 7.60. The first-order valence-electron chi connectivity index (χ1n) is 5.57. The van der Waals surface area contributed by atoms with Gasteiger partial charge >= 0.3 is 0 Å². The molecule has 2 N–H and O–H groups in total. The van der Waals surface area contributed by atoms with Gasteiger partial charge in [0, 0.05) is 8.95 Å². The van der Waals surface area contributed by atoms with Gasteiger partial charge in [0.05, 0.1) is 5.69 Å². The number of aromatic hydroxyl groups is 1. The molecule has 0 atom stereocenters. The summed E-state index contributed by atoms with van der Waals surface area (Å²) in [5.74, 6) is 0.0928. The quantitative estimate of drug-likeness (QED) is 0.736. The van der Waals surface area contributed by atoms with Gasteiger partial charge in [-0.25, -0.2) is 8.42 Å². The van der Waals surface area contributed by atoms with E-state index in [9.17, 15) is 13.5 Å². The van der Waals surface area contributed by atoms with Gasteiger partial charge in [-0.05, 0) is 64.8 Å². The number of phenolic OH excluding ortho intramolecular Hbond substituents is 1. The van der Waals surface area contributed by atoms with Crippen LogP contribution in [0.3, 0.4) is 0 Å². The molecular weight excluding hydrogens is 410 g/mol. The monoisotopic (exact) mass is 419 g/mol. The summed E-state index contributed by atoms with van der Waals surface area (Å²) in [5.41, 5.74) is 1.07. The van der Waals surface area contributed by atoms with E-state index in [1.54, 1.807) is 19.1 Å².